The highest BCUT2D eigenvalue weighted by Crippen LogP contribution is 2.20. The van der Waals surface area contributed by atoms with Crippen molar-refractivity contribution in [1.29, 1.82) is 0 Å². The van der Waals surface area contributed by atoms with E-state index in [-0.39, 0.29) is 54.2 Å². The van der Waals surface area contributed by atoms with Gasteiger partial charge < -0.3 is 35.3 Å². The molecular formula is C40H38I3N7O11. The van der Waals surface area contributed by atoms with Crippen molar-refractivity contribution in [1.82, 2.24) is 35.9 Å². The highest BCUT2D eigenvalue weighted by molar-refractivity contribution is 14.1. The third kappa shape index (κ3) is 20.4. The van der Waals surface area contributed by atoms with E-state index in [1.165, 1.54) is 51.5 Å². The molecule has 0 aliphatic heterocycles. The Kier molecular flexibility index (Phi) is 23.6. The van der Waals surface area contributed by atoms with Crippen molar-refractivity contribution in [3.63, 3.8) is 0 Å². The molecule has 0 fully saturated rings. The van der Waals surface area contributed by atoms with E-state index >= 15 is 0 Å². The van der Waals surface area contributed by atoms with Gasteiger partial charge in [-0.2, -0.15) is 0 Å². The van der Waals surface area contributed by atoms with Crippen molar-refractivity contribution in [2.75, 3.05) is 41.0 Å². The highest BCUT2D eigenvalue weighted by Gasteiger charge is 2.12. The fourth-order valence-electron chi connectivity index (χ4n) is 4.01. The van der Waals surface area contributed by atoms with E-state index in [1.807, 2.05) is 59.8 Å². The van der Waals surface area contributed by atoms with Gasteiger partial charge in [-0.05, 0) is 134 Å². The van der Waals surface area contributed by atoms with Crippen LogP contribution in [0.15, 0.2) is 97.6 Å². The number of nitrogens with one attached hydrogen (secondary N) is 3. The van der Waals surface area contributed by atoms with Crippen LogP contribution in [0.2, 0.25) is 0 Å². The Labute approximate surface area is 390 Å². The van der Waals surface area contributed by atoms with E-state index in [1.54, 1.807) is 42.6 Å². The summed E-state index contributed by atoms with van der Waals surface area (Å²) in [6.45, 7) is 1.54. The number of carbonyl (C=O) groups is 7. The van der Waals surface area contributed by atoms with E-state index in [2.05, 4.69) is 95.3 Å². The number of amides is 3. The molecular weight excluding hydrogens is 1140 g/mol. The van der Waals surface area contributed by atoms with Gasteiger partial charge in [0.2, 0.25) is 0 Å². The number of hydrogen-bond donors (Lipinski definition) is 4. The van der Waals surface area contributed by atoms with Crippen LogP contribution in [0.25, 0.3) is 11.1 Å². The summed E-state index contributed by atoms with van der Waals surface area (Å²) < 4.78 is 15.9. The number of methoxy groups -OCH3 is 3. The fraction of sp³-hybridized carbons (Fsp3) is 0.175. The van der Waals surface area contributed by atoms with Gasteiger partial charge in [-0.3, -0.25) is 43.7 Å². The van der Waals surface area contributed by atoms with Crippen LogP contribution < -0.4 is 16.0 Å². The molecule has 0 aliphatic rings. The van der Waals surface area contributed by atoms with Crippen LogP contribution in [0.3, 0.4) is 0 Å². The quantitative estimate of drug-likeness (QED) is 0.0806. The molecule has 0 radical (unpaired) electrons. The summed E-state index contributed by atoms with van der Waals surface area (Å²) in [5.41, 5.74) is 3.99. The maximum Gasteiger partial charge on any atom is 0.354 e. The molecule has 0 aliphatic carbocycles. The number of aromatic nitrogens is 4. The molecule has 61 heavy (non-hydrogen) atoms. The number of rotatable bonds is 11. The maximum atomic E-state index is 11.9. The molecule has 4 N–H and O–H groups in total. The predicted molar refractivity (Wildman–Crippen MR) is 245 cm³/mol. The maximum absolute atomic E-state index is 11.9. The average molecular weight is 1170 g/mol. The normalized spacial score (nSPS) is 9.62. The molecule has 5 rings (SSSR count). The number of esters is 3. The first kappa shape index (κ1) is 51.4. The number of carboxylic acids is 1. The van der Waals surface area contributed by atoms with Gasteiger partial charge in [-0.15, -0.1) is 0 Å². The van der Waals surface area contributed by atoms with Gasteiger partial charge in [0.05, 0.1) is 21.3 Å². The van der Waals surface area contributed by atoms with Gasteiger partial charge in [0, 0.05) is 35.5 Å². The van der Waals surface area contributed by atoms with E-state index in [0.29, 0.717) is 0 Å². The predicted octanol–water partition coefficient (Wildman–Crippen LogP) is 4.52. The minimum Gasteiger partial charge on any atom is -0.477 e. The van der Waals surface area contributed by atoms with Crippen LogP contribution >= 0.6 is 67.8 Å². The summed E-state index contributed by atoms with van der Waals surface area (Å²) in [5.74, 6) is -3.66. The monoisotopic (exact) mass is 1170 g/mol. The number of halogens is 3. The number of ether oxygens (including phenoxy) is 3. The van der Waals surface area contributed by atoms with Crippen LogP contribution in [0, 0.1) is 17.6 Å². The molecule has 3 amide bonds. The Balaban J connectivity index is 0.000000289. The summed E-state index contributed by atoms with van der Waals surface area (Å²) in [6.07, 6.45) is 6.12. The SMILES string of the molecule is COC(=O)CNC(=O)c1cc(-c2ccc(C)cc2)ccn1.COC(=O)CNC(=O)c1cc(I)ccn1.COC(=O)CNC(=O)c1cc(I)ccn1.O=C(O)c1cc(I)ccn1. The average Bonchev–Trinajstić information content (AvgIpc) is 3.27. The summed E-state index contributed by atoms with van der Waals surface area (Å²) in [7, 11) is 3.79. The second kappa shape index (κ2) is 27.9. The van der Waals surface area contributed by atoms with Crippen LogP contribution in [-0.4, -0.2) is 108 Å². The van der Waals surface area contributed by atoms with Gasteiger partial charge in [0.15, 0.2) is 0 Å². The lowest BCUT2D eigenvalue weighted by atomic mass is 10.0. The zero-order valence-electron chi connectivity index (χ0n) is 32.8. The second-order valence-electron chi connectivity index (χ2n) is 11.5. The van der Waals surface area contributed by atoms with Crippen LogP contribution in [0.5, 0.6) is 0 Å². The lowest BCUT2D eigenvalue weighted by Crippen LogP contribution is -2.30. The lowest BCUT2D eigenvalue weighted by Gasteiger charge is -2.06. The van der Waals surface area contributed by atoms with E-state index < -0.39 is 29.8 Å². The molecule has 4 aromatic heterocycles. The van der Waals surface area contributed by atoms with Crippen LogP contribution in [-0.2, 0) is 28.6 Å². The molecule has 0 saturated carbocycles. The van der Waals surface area contributed by atoms with Crippen molar-refractivity contribution < 1.29 is 52.9 Å². The van der Waals surface area contributed by atoms with Gasteiger partial charge in [-0.1, -0.05) is 29.8 Å². The standard InChI is InChI=1S/C16H16N2O3.2C9H9IN2O3.C6H4INO2/c1-11-3-5-12(6-4-11)13-7-8-17-14(9-13)16(20)18-10-15(19)21-2;2*1-15-8(13)5-12-9(14)7-4-6(10)2-3-11-7;7-4-1-2-8-5(3-4)6(9)10/h3-9H,10H2,1-2H3,(H,18,20);2*2-4H,5H2,1H3,(H,12,14);1-3H,(H,9,10). The number of aromatic carboxylic acids is 1. The van der Waals surface area contributed by atoms with Gasteiger partial charge >= 0.3 is 23.9 Å². The van der Waals surface area contributed by atoms with Crippen molar-refractivity contribution in [3.05, 3.63) is 137 Å². The van der Waals surface area contributed by atoms with Gasteiger partial charge in [0.1, 0.15) is 42.4 Å². The number of carboxylic acid groups (broad SMARTS) is 1. The van der Waals surface area contributed by atoms with Crippen molar-refractivity contribution in [2.45, 2.75) is 6.92 Å². The van der Waals surface area contributed by atoms with E-state index in [9.17, 15) is 33.6 Å². The first-order valence-corrected chi connectivity index (χ1v) is 20.5. The molecule has 21 heteroatoms. The Morgan fingerprint density at radius 1 is 0.492 bits per heavy atom. The molecule has 4 heterocycles. The number of carbonyl (C=O) groups excluding carboxylic acids is 6. The van der Waals surface area contributed by atoms with Crippen molar-refractivity contribution >= 4 is 109 Å². The topological polar surface area (TPSA) is 255 Å². The molecule has 0 spiro atoms. The Morgan fingerprint density at radius 2 is 0.820 bits per heavy atom. The fourth-order valence-corrected chi connectivity index (χ4v) is 5.37. The zero-order chi connectivity index (χ0) is 45.3. The molecule has 1 aromatic carbocycles. The molecule has 0 unspecified atom stereocenters. The molecule has 18 nitrogen and oxygen atoms in total. The summed E-state index contributed by atoms with van der Waals surface area (Å²) in [4.78, 5) is 93.0. The molecule has 0 bridgehead atoms. The molecule has 0 saturated heterocycles. The molecule has 5 aromatic rings. The first-order valence-electron chi connectivity index (χ1n) is 17.2. The van der Waals surface area contributed by atoms with Gasteiger partial charge in [-0.25, -0.2) is 9.78 Å². The van der Waals surface area contributed by atoms with E-state index in [0.717, 1.165) is 21.8 Å². The summed E-state index contributed by atoms with van der Waals surface area (Å²) in [5, 5.41) is 15.7. The van der Waals surface area contributed by atoms with Crippen LogP contribution in [0.4, 0.5) is 0 Å². The largest absolute Gasteiger partial charge is 0.477 e. The third-order valence-corrected chi connectivity index (χ3v) is 9.10. The Hall–Kier alpha value is -5.70. The molecule has 320 valence electrons. The minimum atomic E-state index is -0.987. The van der Waals surface area contributed by atoms with Crippen molar-refractivity contribution in [3.8, 4) is 11.1 Å². The summed E-state index contributed by atoms with van der Waals surface area (Å²) in [6, 6.07) is 21.6. The summed E-state index contributed by atoms with van der Waals surface area (Å²) >= 11 is 6.19. The Bertz CT molecular complexity index is 2230. The highest BCUT2D eigenvalue weighted by atomic mass is 127. The number of aryl methyl sites for hydroxylation is 1. The molecule has 0 atom stereocenters. The minimum absolute atomic E-state index is 0.0897. The number of pyridine rings is 4. The number of hydrogen-bond acceptors (Lipinski definition) is 14. The third-order valence-electron chi connectivity index (χ3n) is 7.09. The van der Waals surface area contributed by atoms with E-state index in [4.69, 9.17) is 5.11 Å². The Morgan fingerprint density at radius 3 is 1.15 bits per heavy atom. The van der Waals surface area contributed by atoms with Crippen molar-refractivity contribution in [2.24, 2.45) is 0 Å². The van der Waals surface area contributed by atoms with Gasteiger partial charge in [0.25, 0.3) is 17.7 Å². The first-order chi connectivity index (χ1) is 29.1. The zero-order valence-corrected chi connectivity index (χ0v) is 39.3. The number of nitrogens with zero attached hydrogens (tertiary/aromatic N) is 4. The van der Waals surface area contributed by atoms with Crippen LogP contribution in [0.1, 0.15) is 47.5 Å². The smallest absolute Gasteiger partial charge is 0.354 e. The second-order valence-corrected chi connectivity index (χ2v) is 15.2. The number of benzene rings is 1. The lowest BCUT2D eigenvalue weighted by molar-refractivity contribution is -0.140.